The van der Waals surface area contributed by atoms with Crippen LogP contribution in [0, 0.1) is 0 Å². The molecule has 1 aromatic carbocycles. The number of aromatic hydroxyl groups is 1. The van der Waals surface area contributed by atoms with Gasteiger partial charge in [0.2, 0.25) is 0 Å². The molecule has 2 aromatic rings. The molecule has 0 unspecified atom stereocenters. The molecule has 1 amide bonds. The maximum atomic E-state index is 13.5. The van der Waals surface area contributed by atoms with Crippen LogP contribution in [0.5, 0.6) is 5.75 Å². The van der Waals surface area contributed by atoms with Gasteiger partial charge < -0.3 is 0 Å². The van der Waals surface area contributed by atoms with E-state index in [1.807, 2.05) is 29.3 Å². The second kappa shape index (κ2) is 9.75. The summed E-state index contributed by atoms with van der Waals surface area (Å²) in [5.74, 6) is -0.783. The summed E-state index contributed by atoms with van der Waals surface area (Å²) in [4.78, 5) is 26.6. The number of thioether (sulfide) groups is 1. The monoisotopic (exact) mass is 694 g/mol. The summed E-state index contributed by atoms with van der Waals surface area (Å²) in [6, 6.07) is 8.64. The molecular weight excluding hydrogens is 674 g/mol. The Hall–Kier alpha value is -1.93. The number of amides is 1. The molecule has 36 heavy (non-hydrogen) atoms. The van der Waals surface area contributed by atoms with Crippen molar-refractivity contribution in [1.82, 2.24) is 7.79 Å². The Morgan fingerprint density at radius 1 is 1.19 bits per heavy atom. The van der Waals surface area contributed by atoms with Gasteiger partial charge in [0.1, 0.15) is 0 Å². The van der Waals surface area contributed by atoms with Crippen LogP contribution >= 0.6 is 27.7 Å². The Labute approximate surface area is 228 Å². The van der Waals surface area contributed by atoms with Crippen LogP contribution in [0.15, 0.2) is 67.9 Å². The van der Waals surface area contributed by atoms with E-state index in [2.05, 4.69) is 22.0 Å². The Morgan fingerprint density at radius 2 is 1.94 bits per heavy atom. The van der Waals surface area contributed by atoms with E-state index < -0.39 is 54.7 Å². The molecule has 0 radical (unpaired) electrons. The SMILES string of the molecule is C[C@@H]([I-]N1CN([C@@H]2C3=C(C=C(Br)CC3)CSc3ccccc32)n2ccc(=O)c(O)c2C1=O)C(F)(F)F. The van der Waals surface area contributed by atoms with Crippen LogP contribution in [0.25, 0.3) is 0 Å². The number of fused-ring (bicyclic) bond motifs is 2. The fourth-order valence-electron chi connectivity index (χ4n) is 4.55. The molecule has 6 nitrogen and oxygen atoms in total. The first-order valence-corrected chi connectivity index (χ1v) is 15.1. The topological polar surface area (TPSA) is 65.8 Å². The number of alkyl halides is 4. The average molecular weight is 695 g/mol. The fraction of sp³-hybridized carbons (Fsp3) is 0.333. The third-order valence-electron chi connectivity index (χ3n) is 6.34. The standard InChI is InChI=1S/C24H21BrF3IN3O3S/c1-13(24(26,27)28)29-30-12-32(31-9-8-18(33)22(34)21(31)23(30)35)20-16-7-6-15(25)10-14(16)11-36-19-5-3-2-4-17(19)20/h2-5,8-10,13,20,34H,6-7,11-12H2,1H3/q-1/t13-,20-/m1/s1. The molecule has 1 N–H and O–H groups in total. The van der Waals surface area contributed by atoms with Crippen LogP contribution in [-0.2, 0) is 0 Å². The molecule has 0 saturated heterocycles. The molecule has 2 atom stereocenters. The van der Waals surface area contributed by atoms with E-state index in [1.54, 1.807) is 11.8 Å². The zero-order chi connectivity index (χ0) is 25.8. The predicted molar refractivity (Wildman–Crippen MR) is 130 cm³/mol. The first kappa shape index (κ1) is 25.7. The van der Waals surface area contributed by atoms with Gasteiger partial charge >= 0.3 is 230 Å². The number of hydrogen-bond acceptors (Lipinski definition) is 5. The Kier molecular flexibility index (Phi) is 6.96. The van der Waals surface area contributed by atoms with E-state index >= 15 is 0 Å². The number of carbonyl (C=O) groups is 1. The molecule has 3 heterocycles. The number of pyridine rings is 1. The van der Waals surface area contributed by atoms with Crippen molar-refractivity contribution in [3.63, 3.8) is 0 Å². The number of benzene rings is 1. The number of aromatic nitrogens is 1. The minimum atomic E-state index is -4.45. The molecule has 1 aromatic heterocycles. The molecule has 5 rings (SSSR count). The molecule has 0 fully saturated rings. The van der Waals surface area contributed by atoms with Gasteiger partial charge in [0.15, 0.2) is 0 Å². The van der Waals surface area contributed by atoms with Gasteiger partial charge in [-0.2, -0.15) is 0 Å². The quantitative estimate of drug-likeness (QED) is 0.303. The van der Waals surface area contributed by atoms with Gasteiger partial charge in [-0.3, -0.25) is 0 Å². The summed E-state index contributed by atoms with van der Waals surface area (Å²) >= 11 is 3.46. The summed E-state index contributed by atoms with van der Waals surface area (Å²) in [5.41, 5.74) is 2.15. The van der Waals surface area contributed by atoms with Crippen molar-refractivity contribution >= 4 is 33.6 Å². The Bertz CT molecular complexity index is 1360. The van der Waals surface area contributed by atoms with Crippen molar-refractivity contribution in [2.75, 3.05) is 17.4 Å². The van der Waals surface area contributed by atoms with E-state index in [-0.39, 0.29) is 12.4 Å². The first-order chi connectivity index (χ1) is 17.1. The number of nitrogens with zero attached hydrogens (tertiary/aromatic N) is 3. The summed E-state index contributed by atoms with van der Waals surface area (Å²) in [5, 5.41) is 12.4. The minimum absolute atomic E-state index is 0.0901. The summed E-state index contributed by atoms with van der Waals surface area (Å²) in [7, 11) is 0. The second-order valence-electron chi connectivity index (χ2n) is 8.60. The first-order valence-electron chi connectivity index (χ1n) is 11.1. The van der Waals surface area contributed by atoms with Crippen LogP contribution in [0.3, 0.4) is 0 Å². The zero-order valence-corrected chi connectivity index (χ0v) is 23.5. The Balaban J connectivity index is 1.70. The number of carbonyl (C=O) groups excluding carboxylic acids is 1. The molecule has 3 aliphatic rings. The van der Waals surface area contributed by atoms with Gasteiger partial charge in [-0.25, -0.2) is 0 Å². The molecule has 1 aliphatic carbocycles. The predicted octanol–water partition coefficient (Wildman–Crippen LogP) is 2.08. The van der Waals surface area contributed by atoms with Gasteiger partial charge in [-0.15, -0.1) is 0 Å². The molecular formula is C24H21BrF3IN3O3S-. The number of halogens is 5. The van der Waals surface area contributed by atoms with Gasteiger partial charge in [0, 0.05) is 0 Å². The summed E-state index contributed by atoms with van der Waals surface area (Å²) < 4.78 is 42.5. The van der Waals surface area contributed by atoms with E-state index in [1.165, 1.54) is 20.1 Å². The van der Waals surface area contributed by atoms with Gasteiger partial charge in [-0.05, 0) is 0 Å². The Morgan fingerprint density at radius 3 is 2.69 bits per heavy atom. The van der Waals surface area contributed by atoms with Crippen molar-refractivity contribution in [3.8, 4) is 5.75 Å². The normalized spacial score (nSPS) is 21.0. The van der Waals surface area contributed by atoms with Gasteiger partial charge in [-0.1, -0.05) is 0 Å². The van der Waals surface area contributed by atoms with Crippen LogP contribution in [0.4, 0.5) is 13.2 Å². The van der Waals surface area contributed by atoms with Crippen molar-refractivity contribution in [2.45, 2.75) is 40.8 Å². The van der Waals surface area contributed by atoms with E-state index in [4.69, 9.17) is 0 Å². The van der Waals surface area contributed by atoms with Crippen LogP contribution < -0.4 is 31.9 Å². The van der Waals surface area contributed by atoms with E-state index in [9.17, 15) is 27.9 Å². The van der Waals surface area contributed by atoms with Gasteiger partial charge in [0.05, 0.1) is 0 Å². The molecule has 0 spiro atoms. The van der Waals surface area contributed by atoms with E-state index in [0.29, 0.717) is 0 Å². The zero-order valence-electron chi connectivity index (χ0n) is 18.9. The molecule has 2 aliphatic heterocycles. The third kappa shape index (κ3) is 4.60. The third-order valence-corrected chi connectivity index (χ3v) is 11.1. The maximum absolute atomic E-state index is 13.5. The van der Waals surface area contributed by atoms with Crippen LogP contribution in [0.2, 0.25) is 0 Å². The molecule has 192 valence electrons. The fourth-order valence-corrected chi connectivity index (χ4v) is 8.42. The summed E-state index contributed by atoms with van der Waals surface area (Å²) in [6.07, 6.45) is 0.578. The average Bonchev–Trinajstić information content (AvgIpc) is 2.99. The number of hydrogen-bond donors (Lipinski definition) is 1. The summed E-state index contributed by atoms with van der Waals surface area (Å²) in [6.45, 7) is 0.978. The van der Waals surface area contributed by atoms with Crippen molar-refractivity contribution in [2.24, 2.45) is 0 Å². The molecule has 0 bridgehead atoms. The molecule has 12 heteroatoms. The van der Waals surface area contributed by atoms with E-state index in [0.717, 1.165) is 51.6 Å². The van der Waals surface area contributed by atoms with Crippen molar-refractivity contribution < 1.29 is 44.6 Å². The van der Waals surface area contributed by atoms with Crippen molar-refractivity contribution in [3.05, 3.63) is 79.7 Å². The van der Waals surface area contributed by atoms with Crippen LogP contribution in [-0.4, -0.2) is 41.3 Å². The second-order valence-corrected chi connectivity index (χ2v) is 14.2. The van der Waals surface area contributed by atoms with Gasteiger partial charge in [0.25, 0.3) is 0 Å². The number of allylic oxidation sites excluding steroid dienone is 2. The van der Waals surface area contributed by atoms with Crippen LogP contribution in [0.1, 0.15) is 41.9 Å². The molecule has 0 saturated carbocycles. The number of rotatable bonds is 3. The van der Waals surface area contributed by atoms with Crippen molar-refractivity contribution in [1.29, 1.82) is 0 Å².